The molecule has 3 aromatic carbocycles. The van der Waals surface area contributed by atoms with E-state index in [1.807, 2.05) is 81.6 Å². The molecule has 0 aliphatic heterocycles. The molecule has 0 bridgehead atoms. The van der Waals surface area contributed by atoms with Gasteiger partial charge < -0.3 is 15.5 Å². The van der Waals surface area contributed by atoms with Gasteiger partial charge in [0.1, 0.15) is 0 Å². The Kier molecular flexibility index (Phi) is 8.63. The third-order valence-corrected chi connectivity index (χ3v) is 6.82. The Labute approximate surface area is 236 Å². The third kappa shape index (κ3) is 6.72. The number of anilines is 3. The third-order valence-electron chi connectivity index (χ3n) is 6.82. The van der Waals surface area contributed by atoms with Gasteiger partial charge in [0, 0.05) is 47.9 Å². The number of amides is 2. The lowest BCUT2D eigenvalue weighted by molar-refractivity contribution is 0.0795. The van der Waals surface area contributed by atoms with E-state index in [2.05, 4.69) is 36.4 Å². The first kappa shape index (κ1) is 28.5. The van der Waals surface area contributed by atoms with Crippen molar-refractivity contribution in [3.8, 4) is 11.3 Å². The van der Waals surface area contributed by atoms with E-state index in [0.717, 1.165) is 34.6 Å². The van der Waals surface area contributed by atoms with Crippen molar-refractivity contribution in [2.24, 2.45) is 0 Å². The molecule has 0 atom stereocenters. The average Bonchev–Trinajstić information content (AvgIpc) is 2.94. The van der Waals surface area contributed by atoms with Crippen molar-refractivity contribution in [3.05, 3.63) is 101 Å². The van der Waals surface area contributed by atoms with Crippen molar-refractivity contribution in [1.82, 2.24) is 14.9 Å². The highest BCUT2D eigenvalue weighted by molar-refractivity contribution is 6.05. The van der Waals surface area contributed by atoms with Crippen LogP contribution in [0.15, 0.2) is 79.0 Å². The minimum atomic E-state index is -0.159. The Balaban J connectivity index is 1.49. The maximum Gasteiger partial charge on any atom is 0.255 e. The molecule has 2 amide bonds. The fourth-order valence-corrected chi connectivity index (χ4v) is 4.42. The zero-order chi connectivity index (χ0) is 28.9. The predicted octanol–water partition coefficient (Wildman–Crippen LogP) is 7.23. The number of nitrogens with zero attached hydrogens (tertiary/aromatic N) is 3. The van der Waals surface area contributed by atoms with Crippen LogP contribution in [-0.2, 0) is 5.41 Å². The molecular weight excluding hydrogens is 498 g/mol. The van der Waals surface area contributed by atoms with E-state index < -0.39 is 0 Å². The van der Waals surface area contributed by atoms with E-state index in [1.54, 1.807) is 23.2 Å². The first-order valence-electron chi connectivity index (χ1n) is 13.5. The smallest absolute Gasteiger partial charge is 0.255 e. The van der Waals surface area contributed by atoms with Gasteiger partial charge in [-0.15, -0.1) is 0 Å². The normalized spacial score (nSPS) is 11.2. The van der Waals surface area contributed by atoms with Crippen molar-refractivity contribution in [3.63, 3.8) is 0 Å². The summed E-state index contributed by atoms with van der Waals surface area (Å²) in [6.45, 7) is 11.2. The second-order valence-electron chi connectivity index (χ2n) is 11.0. The predicted molar refractivity (Wildman–Crippen MR) is 162 cm³/mol. The summed E-state index contributed by atoms with van der Waals surface area (Å²) >= 11 is 0. The van der Waals surface area contributed by atoms with E-state index in [1.165, 1.54) is 5.56 Å². The second-order valence-corrected chi connectivity index (χ2v) is 11.0. The van der Waals surface area contributed by atoms with Crippen LogP contribution in [0.25, 0.3) is 11.3 Å². The molecule has 206 valence electrons. The van der Waals surface area contributed by atoms with Crippen molar-refractivity contribution >= 4 is 29.1 Å². The number of carbonyl (C=O) groups excluding carboxylic acids is 2. The molecule has 0 radical (unpaired) electrons. The van der Waals surface area contributed by atoms with Gasteiger partial charge in [-0.25, -0.2) is 9.97 Å². The number of hydrogen-bond donors (Lipinski definition) is 2. The van der Waals surface area contributed by atoms with Crippen LogP contribution in [0, 0.1) is 6.92 Å². The van der Waals surface area contributed by atoms with Crippen molar-refractivity contribution in [1.29, 1.82) is 0 Å². The molecule has 0 saturated heterocycles. The van der Waals surface area contributed by atoms with Gasteiger partial charge in [-0.1, -0.05) is 52.0 Å². The molecule has 7 heteroatoms. The molecule has 4 rings (SSSR count). The topological polar surface area (TPSA) is 87.2 Å². The molecule has 1 aromatic heterocycles. The summed E-state index contributed by atoms with van der Waals surface area (Å²) in [6.07, 6.45) is 2.61. The van der Waals surface area contributed by atoms with Gasteiger partial charge in [0.25, 0.3) is 11.8 Å². The molecule has 7 nitrogen and oxygen atoms in total. The summed E-state index contributed by atoms with van der Waals surface area (Å²) in [5.74, 6) is 0.275. The van der Waals surface area contributed by atoms with E-state index in [-0.39, 0.29) is 17.2 Å². The molecule has 0 unspecified atom stereocenters. The average molecular weight is 536 g/mol. The van der Waals surface area contributed by atoms with Crippen LogP contribution in [0.2, 0.25) is 0 Å². The van der Waals surface area contributed by atoms with Gasteiger partial charge >= 0.3 is 0 Å². The number of hydrogen-bond acceptors (Lipinski definition) is 5. The molecular formula is C33H37N5O2. The Hall–Kier alpha value is -4.52. The van der Waals surface area contributed by atoms with Gasteiger partial charge in [-0.3, -0.25) is 9.59 Å². The van der Waals surface area contributed by atoms with Gasteiger partial charge in [0.15, 0.2) is 0 Å². The largest absolute Gasteiger partial charge is 0.342 e. The lowest BCUT2D eigenvalue weighted by Gasteiger charge is -2.19. The summed E-state index contributed by atoms with van der Waals surface area (Å²) in [4.78, 5) is 36.3. The number of rotatable bonds is 8. The summed E-state index contributed by atoms with van der Waals surface area (Å²) in [6, 6.07) is 22.6. The lowest BCUT2D eigenvalue weighted by atomic mass is 9.86. The SMILES string of the molecule is CCCN(C)C(=O)c1ccc(Nc2nccc(-c3cccc(NC(=O)c4ccc(C(C)(C)C)cc4)c3C)n2)cc1. The van der Waals surface area contributed by atoms with E-state index in [9.17, 15) is 9.59 Å². The van der Waals surface area contributed by atoms with Gasteiger partial charge in [-0.2, -0.15) is 0 Å². The highest BCUT2D eigenvalue weighted by Gasteiger charge is 2.16. The second kappa shape index (κ2) is 12.1. The molecule has 4 aromatic rings. The van der Waals surface area contributed by atoms with Crippen molar-refractivity contribution in [2.75, 3.05) is 24.2 Å². The highest BCUT2D eigenvalue weighted by Crippen LogP contribution is 2.29. The van der Waals surface area contributed by atoms with Crippen LogP contribution in [-0.4, -0.2) is 40.3 Å². The zero-order valence-electron chi connectivity index (χ0n) is 24.1. The van der Waals surface area contributed by atoms with Crippen LogP contribution < -0.4 is 10.6 Å². The first-order chi connectivity index (χ1) is 19.1. The summed E-state index contributed by atoms with van der Waals surface area (Å²) in [5, 5.41) is 6.27. The monoisotopic (exact) mass is 535 g/mol. The fourth-order valence-electron chi connectivity index (χ4n) is 4.42. The van der Waals surface area contributed by atoms with E-state index in [4.69, 9.17) is 4.98 Å². The van der Waals surface area contributed by atoms with Gasteiger partial charge in [0.2, 0.25) is 5.95 Å². The molecule has 0 fully saturated rings. The minimum Gasteiger partial charge on any atom is -0.342 e. The highest BCUT2D eigenvalue weighted by atomic mass is 16.2. The summed E-state index contributed by atoms with van der Waals surface area (Å²) in [7, 11) is 1.81. The minimum absolute atomic E-state index is 0.00369. The molecule has 0 aliphatic rings. The number of benzene rings is 3. The Morgan fingerprint density at radius 3 is 2.23 bits per heavy atom. The van der Waals surface area contributed by atoms with Crippen LogP contribution in [0.4, 0.5) is 17.3 Å². The van der Waals surface area contributed by atoms with E-state index >= 15 is 0 Å². The van der Waals surface area contributed by atoms with Crippen LogP contribution in [0.5, 0.6) is 0 Å². The number of nitrogens with one attached hydrogen (secondary N) is 2. The van der Waals surface area contributed by atoms with Gasteiger partial charge in [0.05, 0.1) is 5.69 Å². The van der Waals surface area contributed by atoms with Crippen LogP contribution >= 0.6 is 0 Å². The molecule has 0 aliphatic carbocycles. The Bertz CT molecular complexity index is 1490. The van der Waals surface area contributed by atoms with E-state index in [0.29, 0.717) is 23.6 Å². The standard InChI is InChI=1S/C33H37N5O2/c1-7-21-38(6)31(40)24-13-17-26(18-14-24)35-32-34-20-19-29(37-32)27-9-8-10-28(22(27)2)36-30(39)23-11-15-25(16-12-23)33(3,4)5/h8-20H,7,21H2,1-6H3,(H,36,39)(H,34,35,37). The molecule has 40 heavy (non-hydrogen) atoms. The molecule has 0 spiro atoms. The van der Waals surface area contributed by atoms with Crippen LogP contribution in [0.1, 0.15) is 66.0 Å². The van der Waals surface area contributed by atoms with Crippen molar-refractivity contribution < 1.29 is 9.59 Å². The molecule has 0 saturated carbocycles. The van der Waals surface area contributed by atoms with Gasteiger partial charge in [-0.05, 0) is 78.4 Å². The fraction of sp³-hybridized carbons (Fsp3) is 0.273. The lowest BCUT2D eigenvalue weighted by Crippen LogP contribution is -2.27. The Morgan fingerprint density at radius 1 is 0.900 bits per heavy atom. The first-order valence-corrected chi connectivity index (χ1v) is 13.5. The zero-order valence-corrected chi connectivity index (χ0v) is 24.1. The maximum absolute atomic E-state index is 13.0. The van der Waals surface area contributed by atoms with Crippen molar-refractivity contribution in [2.45, 2.75) is 46.5 Å². The molecule has 2 N–H and O–H groups in total. The summed E-state index contributed by atoms with van der Waals surface area (Å²) in [5.41, 5.74) is 6.49. The number of aromatic nitrogens is 2. The maximum atomic E-state index is 13.0. The quantitative estimate of drug-likeness (QED) is 0.249. The molecule has 1 heterocycles. The summed E-state index contributed by atoms with van der Waals surface area (Å²) < 4.78 is 0. The Morgan fingerprint density at radius 2 is 1.57 bits per heavy atom. The number of carbonyl (C=O) groups is 2. The van der Waals surface area contributed by atoms with Crippen LogP contribution in [0.3, 0.4) is 0 Å².